The Balaban J connectivity index is 1.80. The number of carbonyl (C=O) groups excluding carboxylic acids is 1. The first-order valence-corrected chi connectivity index (χ1v) is 7.77. The number of rotatable bonds is 6. The molecule has 4 nitrogen and oxygen atoms in total. The molecule has 0 radical (unpaired) electrons. The molecule has 1 amide bonds. The lowest BCUT2D eigenvalue weighted by Crippen LogP contribution is -2.29. The molecule has 2 rings (SSSR count). The molecule has 2 N–H and O–H groups in total. The van der Waals surface area contributed by atoms with Crippen molar-refractivity contribution in [3.8, 4) is 5.75 Å². The summed E-state index contributed by atoms with van der Waals surface area (Å²) in [6.45, 7) is 2.75. The number of halogens is 1. The number of methoxy groups -OCH3 is 1. The Morgan fingerprint density at radius 1 is 1.18 bits per heavy atom. The minimum Gasteiger partial charge on any atom is -0.497 e. The number of hydrogen-bond donors (Lipinski definition) is 2. The summed E-state index contributed by atoms with van der Waals surface area (Å²) in [6, 6.07) is 13.5. The van der Waals surface area contributed by atoms with Crippen LogP contribution in [0.1, 0.15) is 11.1 Å². The number of nitrogens with one attached hydrogen (secondary N) is 2. The predicted octanol–water partition coefficient (Wildman–Crippen LogP) is 3.49. The third kappa shape index (κ3) is 4.77. The van der Waals surface area contributed by atoms with Crippen LogP contribution < -0.4 is 15.4 Å². The number of anilines is 1. The van der Waals surface area contributed by atoms with Gasteiger partial charge in [0.1, 0.15) is 5.75 Å². The molecule has 0 bridgehead atoms. The molecule has 116 valence electrons. The maximum absolute atomic E-state index is 11.9. The van der Waals surface area contributed by atoms with Gasteiger partial charge in [-0.3, -0.25) is 4.79 Å². The Morgan fingerprint density at radius 2 is 1.91 bits per heavy atom. The Bertz CT molecular complexity index is 642. The molecule has 0 aliphatic rings. The van der Waals surface area contributed by atoms with Gasteiger partial charge in [0.05, 0.1) is 13.7 Å². The zero-order valence-electron chi connectivity index (χ0n) is 12.7. The number of ether oxygens (including phenoxy) is 1. The van der Waals surface area contributed by atoms with E-state index in [0.29, 0.717) is 6.54 Å². The van der Waals surface area contributed by atoms with Crippen molar-refractivity contribution >= 4 is 27.5 Å². The SMILES string of the molecule is COc1ccc(CNC(=O)CNc2ccc(Br)cc2C)cc1. The monoisotopic (exact) mass is 362 g/mol. The van der Waals surface area contributed by atoms with Gasteiger partial charge in [-0.15, -0.1) is 0 Å². The summed E-state index contributed by atoms with van der Waals surface area (Å²) in [6.07, 6.45) is 0. The number of aryl methyl sites for hydroxylation is 1. The average molecular weight is 363 g/mol. The maximum Gasteiger partial charge on any atom is 0.239 e. The molecule has 0 saturated heterocycles. The second-order valence-corrected chi connectivity index (χ2v) is 5.85. The van der Waals surface area contributed by atoms with Crippen LogP contribution in [0.5, 0.6) is 5.75 Å². The molecular weight excluding hydrogens is 344 g/mol. The van der Waals surface area contributed by atoms with E-state index in [9.17, 15) is 4.79 Å². The highest BCUT2D eigenvalue weighted by Gasteiger charge is 2.04. The van der Waals surface area contributed by atoms with Crippen LogP contribution in [0.4, 0.5) is 5.69 Å². The first kappa shape index (κ1) is 16.4. The fourth-order valence-corrected chi connectivity index (χ4v) is 2.48. The molecule has 2 aromatic carbocycles. The van der Waals surface area contributed by atoms with Crippen molar-refractivity contribution in [2.45, 2.75) is 13.5 Å². The quantitative estimate of drug-likeness (QED) is 0.826. The summed E-state index contributed by atoms with van der Waals surface area (Å²) in [4.78, 5) is 11.9. The van der Waals surface area contributed by atoms with Gasteiger partial charge >= 0.3 is 0 Å². The van der Waals surface area contributed by atoms with Gasteiger partial charge in [0, 0.05) is 16.7 Å². The minimum atomic E-state index is -0.0434. The van der Waals surface area contributed by atoms with Gasteiger partial charge in [0.25, 0.3) is 0 Å². The second kappa shape index (κ2) is 7.84. The Kier molecular flexibility index (Phi) is 5.83. The number of benzene rings is 2. The summed E-state index contributed by atoms with van der Waals surface area (Å²) >= 11 is 3.42. The zero-order chi connectivity index (χ0) is 15.9. The summed E-state index contributed by atoms with van der Waals surface area (Å²) in [5.41, 5.74) is 3.09. The topological polar surface area (TPSA) is 50.4 Å². The van der Waals surface area contributed by atoms with Crippen LogP contribution in [-0.2, 0) is 11.3 Å². The molecule has 5 heteroatoms. The van der Waals surface area contributed by atoms with Crippen LogP contribution in [0.2, 0.25) is 0 Å². The van der Waals surface area contributed by atoms with E-state index in [1.807, 2.05) is 49.4 Å². The van der Waals surface area contributed by atoms with E-state index in [2.05, 4.69) is 26.6 Å². The van der Waals surface area contributed by atoms with E-state index < -0.39 is 0 Å². The van der Waals surface area contributed by atoms with Gasteiger partial charge < -0.3 is 15.4 Å². The molecule has 22 heavy (non-hydrogen) atoms. The van der Waals surface area contributed by atoms with E-state index >= 15 is 0 Å². The highest BCUT2D eigenvalue weighted by atomic mass is 79.9. The van der Waals surface area contributed by atoms with Gasteiger partial charge in [-0.1, -0.05) is 28.1 Å². The molecule has 0 atom stereocenters. The van der Waals surface area contributed by atoms with E-state index in [0.717, 1.165) is 27.0 Å². The van der Waals surface area contributed by atoms with E-state index in [4.69, 9.17) is 4.74 Å². The second-order valence-electron chi connectivity index (χ2n) is 4.94. The zero-order valence-corrected chi connectivity index (χ0v) is 14.2. The molecule has 2 aromatic rings. The van der Waals surface area contributed by atoms with Gasteiger partial charge in [0.2, 0.25) is 5.91 Å². The van der Waals surface area contributed by atoms with Crippen LogP contribution in [0.25, 0.3) is 0 Å². The third-order valence-electron chi connectivity index (χ3n) is 3.28. The van der Waals surface area contributed by atoms with Gasteiger partial charge in [-0.25, -0.2) is 0 Å². The standard InChI is InChI=1S/C17H19BrN2O2/c1-12-9-14(18)5-8-16(12)19-11-17(21)20-10-13-3-6-15(22-2)7-4-13/h3-9,19H,10-11H2,1-2H3,(H,20,21). The van der Waals surface area contributed by atoms with Crippen LogP contribution in [0, 0.1) is 6.92 Å². The van der Waals surface area contributed by atoms with Crippen molar-refractivity contribution < 1.29 is 9.53 Å². The van der Waals surface area contributed by atoms with E-state index in [1.54, 1.807) is 7.11 Å². The first-order chi connectivity index (χ1) is 10.6. The fourth-order valence-electron chi connectivity index (χ4n) is 2.01. The molecule has 0 spiro atoms. The first-order valence-electron chi connectivity index (χ1n) is 6.98. The normalized spacial score (nSPS) is 10.1. The third-order valence-corrected chi connectivity index (χ3v) is 3.77. The lowest BCUT2D eigenvalue weighted by Gasteiger charge is -2.10. The molecule has 0 unspecified atom stereocenters. The van der Waals surface area contributed by atoms with Crippen molar-refractivity contribution in [2.24, 2.45) is 0 Å². The van der Waals surface area contributed by atoms with Crippen LogP contribution in [-0.4, -0.2) is 19.6 Å². The lowest BCUT2D eigenvalue weighted by molar-refractivity contribution is -0.119. The summed E-state index contributed by atoms with van der Waals surface area (Å²) < 4.78 is 6.13. The van der Waals surface area contributed by atoms with Crippen molar-refractivity contribution in [3.05, 3.63) is 58.1 Å². The summed E-state index contributed by atoms with van der Waals surface area (Å²) in [5, 5.41) is 6.03. The van der Waals surface area contributed by atoms with Crippen LogP contribution >= 0.6 is 15.9 Å². The fraction of sp³-hybridized carbons (Fsp3) is 0.235. The number of hydrogen-bond acceptors (Lipinski definition) is 3. The van der Waals surface area contributed by atoms with E-state index in [-0.39, 0.29) is 12.5 Å². The molecule has 0 aromatic heterocycles. The lowest BCUT2D eigenvalue weighted by atomic mass is 10.2. The largest absolute Gasteiger partial charge is 0.497 e. The average Bonchev–Trinajstić information content (AvgIpc) is 2.52. The molecule has 0 saturated carbocycles. The van der Waals surface area contributed by atoms with Crippen molar-refractivity contribution in [1.29, 1.82) is 0 Å². The summed E-state index contributed by atoms with van der Waals surface area (Å²) in [5.74, 6) is 0.764. The number of carbonyl (C=O) groups is 1. The Labute approximate surface area is 139 Å². The van der Waals surface area contributed by atoms with Crippen LogP contribution in [0.3, 0.4) is 0 Å². The van der Waals surface area contributed by atoms with Gasteiger partial charge in [-0.05, 0) is 48.4 Å². The molecular formula is C17H19BrN2O2. The molecule has 0 aliphatic carbocycles. The van der Waals surface area contributed by atoms with Crippen molar-refractivity contribution in [2.75, 3.05) is 19.0 Å². The maximum atomic E-state index is 11.9. The predicted molar refractivity (Wildman–Crippen MR) is 92.2 cm³/mol. The van der Waals surface area contributed by atoms with Gasteiger partial charge in [-0.2, -0.15) is 0 Å². The summed E-state index contributed by atoms with van der Waals surface area (Å²) in [7, 11) is 1.63. The van der Waals surface area contributed by atoms with E-state index in [1.165, 1.54) is 0 Å². The Hall–Kier alpha value is -2.01. The molecule has 0 heterocycles. The number of amides is 1. The highest BCUT2D eigenvalue weighted by Crippen LogP contribution is 2.19. The van der Waals surface area contributed by atoms with Gasteiger partial charge in [0.15, 0.2) is 0 Å². The van der Waals surface area contributed by atoms with Crippen molar-refractivity contribution in [3.63, 3.8) is 0 Å². The molecule has 0 aliphatic heterocycles. The van der Waals surface area contributed by atoms with Crippen molar-refractivity contribution in [1.82, 2.24) is 5.32 Å². The minimum absolute atomic E-state index is 0.0434. The smallest absolute Gasteiger partial charge is 0.239 e. The molecule has 0 fully saturated rings. The highest BCUT2D eigenvalue weighted by molar-refractivity contribution is 9.10. The Morgan fingerprint density at radius 3 is 2.55 bits per heavy atom. The van der Waals surface area contributed by atoms with Crippen LogP contribution in [0.15, 0.2) is 46.9 Å².